The molecule has 0 atom stereocenters. The van der Waals surface area contributed by atoms with Crippen LogP contribution in [-0.2, 0) is 9.59 Å². The second-order valence-corrected chi connectivity index (χ2v) is 7.79. The molecule has 0 aromatic heterocycles. The Morgan fingerprint density at radius 3 is 2.19 bits per heavy atom. The molecule has 0 saturated carbocycles. The number of hydrogen-bond donors (Lipinski definition) is 3. The maximum Gasteiger partial charge on any atom is 0.259 e. The highest BCUT2D eigenvalue weighted by atomic mass is 16.5. The van der Waals surface area contributed by atoms with Crippen molar-refractivity contribution in [3.8, 4) is 11.5 Å². The van der Waals surface area contributed by atoms with Gasteiger partial charge in [0.15, 0.2) is 11.5 Å². The van der Waals surface area contributed by atoms with Gasteiger partial charge in [-0.15, -0.1) is 0 Å². The summed E-state index contributed by atoms with van der Waals surface area (Å²) in [6, 6.07) is 4.72. The van der Waals surface area contributed by atoms with E-state index in [-0.39, 0.29) is 18.2 Å². The molecule has 0 aliphatic rings. The largest absolute Gasteiger partial charge is 0.504 e. The average molecular weight is 434 g/mol. The Morgan fingerprint density at radius 1 is 0.968 bits per heavy atom. The number of nitrogens with zero attached hydrogens (tertiary/aromatic N) is 1. The summed E-state index contributed by atoms with van der Waals surface area (Å²) in [7, 11) is 1.46. The lowest BCUT2D eigenvalue weighted by molar-refractivity contribution is -0.126. The summed E-state index contributed by atoms with van der Waals surface area (Å²) < 4.78 is 5.01. The van der Waals surface area contributed by atoms with Gasteiger partial charge in [-0.25, -0.2) is 5.43 Å². The highest BCUT2D eigenvalue weighted by Crippen LogP contribution is 2.25. The minimum atomic E-state index is -0.394. The van der Waals surface area contributed by atoms with Crippen molar-refractivity contribution >= 4 is 18.0 Å². The van der Waals surface area contributed by atoms with Crippen LogP contribution >= 0.6 is 0 Å². The quantitative estimate of drug-likeness (QED) is 0.189. The monoisotopic (exact) mass is 433 g/mol. The van der Waals surface area contributed by atoms with Crippen LogP contribution in [0.4, 0.5) is 0 Å². The van der Waals surface area contributed by atoms with Crippen LogP contribution in [0.25, 0.3) is 0 Å². The second-order valence-electron chi connectivity index (χ2n) is 7.79. The maximum absolute atomic E-state index is 11.8. The number of ether oxygens (including phenoxy) is 1. The van der Waals surface area contributed by atoms with Crippen molar-refractivity contribution in [2.24, 2.45) is 5.10 Å². The van der Waals surface area contributed by atoms with Gasteiger partial charge in [0.1, 0.15) is 0 Å². The Morgan fingerprint density at radius 2 is 1.58 bits per heavy atom. The third-order valence-corrected chi connectivity index (χ3v) is 5.06. The lowest BCUT2D eigenvalue weighted by Crippen LogP contribution is -2.34. The summed E-state index contributed by atoms with van der Waals surface area (Å²) in [5.74, 6) is -0.151. The predicted octanol–water partition coefficient (Wildman–Crippen LogP) is 4.67. The molecule has 0 aliphatic carbocycles. The molecule has 174 valence electrons. The Hall–Kier alpha value is -2.57. The van der Waals surface area contributed by atoms with Crippen molar-refractivity contribution in [3.63, 3.8) is 0 Å². The zero-order valence-corrected chi connectivity index (χ0v) is 19.1. The molecule has 2 amide bonds. The summed E-state index contributed by atoms with van der Waals surface area (Å²) in [4.78, 5) is 23.6. The molecule has 0 spiro atoms. The molecule has 3 N–H and O–H groups in total. The van der Waals surface area contributed by atoms with Gasteiger partial charge in [-0.3, -0.25) is 9.59 Å². The highest BCUT2D eigenvalue weighted by Gasteiger charge is 2.05. The van der Waals surface area contributed by atoms with Crippen LogP contribution in [0.5, 0.6) is 11.5 Å². The summed E-state index contributed by atoms with van der Waals surface area (Å²) >= 11 is 0. The minimum absolute atomic E-state index is 0.0317. The smallest absolute Gasteiger partial charge is 0.259 e. The zero-order chi connectivity index (χ0) is 22.7. The van der Waals surface area contributed by atoms with Crippen LogP contribution in [0, 0.1) is 0 Å². The van der Waals surface area contributed by atoms with Crippen molar-refractivity contribution in [3.05, 3.63) is 23.8 Å². The highest BCUT2D eigenvalue weighted by molar-refractivity contribution is 5.86. The first-order chi connectivity index (χ1) is 15.1. The number of hydrogen-bond acceptors (Lipinski definition) is 5. The first-order valence-electron chi connectivity index (χ1n) is 11.5. The van der Waals surface area contributed by atoms with Gasteiger partial charge in [0.2, 0.25) is 5.91 Å². The molecule has 31 heavy (non-hydrogen) atoms. The number of aromatic hydroxyl groups is 1. The number of carbonyl (C=O) groups excluding carboxylic acids is 2. The third kappa shape index (κ3) is 13.4. The number of methoxy groups -OCH3 is 1. The molecular weight excluding hydrogens is 394 g/mol. The molecule has 1 aromatic rings. The molecule has 0 unspecified atom stereocenters. The topological polar surface area (TPSA) is 100 Å². The fourth-order valence-corrected chi connectivity index (χ4v) is 3.21. The van der Waals surface area contributed by atoms with Gasteiger partial charge in [0.25, 0.3) is 5.91 Å². The van der Waals surface area contributed by atoms with Gasteiger partial charge in [0.05, 0.1) is 19.9 Å². The molecule has 0 aliphatic heterocycles. The van der Waals surface area contributed by atoms with Crippen molar-refractivity contribution in [1.82, 2.24) is 10.7 Å². The fraction of sp³-hybridized carbons (Fsp3) is 0.625. The van der Waals surface area contributed by atoms with Crippen LogP contribution in [0.2, 0.25) is 0 Å². The van der Waals surface area contributed by atoms with E-state index in [9.17, 15) is 14.7 Å². The molecule has 0 bridgehead atoms. The number of phenolic OH excluding ortho intramolecular Hbond substituents is 1. The third-order valence-electron chi connectivity index (χ3n) is 5.06. The minimum Gasteiger partial charge on any atom is -0.504 e. The number of unbranched alkanes of at least 4 members (excludes halogenated alkanes) is 10. The number of carbonyl (C=O) groups is 2. The van der Waals surface area contributed by atoms with E-state index in [1.807, 2.05) is 0 Å². The predicted molar refractivity (Wildman–Crippen MR) is 124 cm³/mol. The summed E-state index contributed by atoms with van der Waals surface area (Å²) in [5, 5.41) is 16.0. The Balaban J connectivity index is 2.03. The number of amides is 2. The van der Waals surface area contributed by atoms with Crippen molar-refractivity contribution in [2.45, 2.75) is 84.0 Å². The Labute approximate surface area is 186 Å². The molecule has 0 radical (unpaired) electrons. The van der Waals surface area contributed by atoms with Gasteiger partial charge in [0, 0.05) is 6.42 Å². The maximum atomic E-state index is 11.8. The first kappa shape index (κ1) is 26.5. The van der Waals surface area contributed by atoms with Crippen LogP contribution in [-0.4, -0.2) is 36.8 Å². The number of rotatable bonds is 17. The van der Waals surface area contributed by atoms with Crippen molar-refractivity contribution in [1.29, 1.82) is 0 Å². The SMILES string of the molecule is CCCCCCCCCCCCCC(=O)NCC(=O)NN=Cc1ccc(O)c(OC)c1. The number of nitrogens with one attached hydrogen (secondary N) is 2. The molecule has 0 heterocycles. The van der Waals surface area contributed by atoms with E-state index >= 15 is 0 Å². The molecule has 7 nitrogen and oxygen atoms in total. The standard InChI is InChI=1S/C24H39N3O4/c1-3-4-5-6-7-8-9-10-11-12-13-14-23(29)25-19-24(30)27-26-18-20-15-16-21(28)22(17-20)31-2/h15-18,28H,3-14,19H2,1-2H3,(H,25,29)(H,27,30). The summed E-state index contributed by atoms with van der Waals surface area (Å²) in [6.45, 7) is 2.13. The van der Waals surface area contributed by atoms with E-state index in [4.69, 9.17) is 4.74 Å². The second kappa shape index (κ2) is 17.1. The van der Waals surface area contributed by atoms with E-state index in [2.05, 4.69) is 22.8 Å². The van der Waals surface area contributed by atoms with Gasteiger partial charge >= 0.3 is 0 Å². The van der Waals surface area contributed by atoms with Gasteiger partial charge in [-0.2, -0.15) is 5.10 Å². The van der Waals surface area contributed by atoms with Gasteiger partial charge in [-0.1, -0.05) is 71.1 Å². The van der Waals surface area contributed by atoms with Crippen molar-refractivity contribution < 1.29 is 19.4 Å². The van der Waals surface area contributed by atoms with E-state index in [0.717, 1.165) is 12.8 Å². The van der Waals surface area contributed by atoms with Crippen molar-refractivity contribution in [2.75, 3.05) is 13.7 Å². The number of phenols is 1. The summed E-state index contributed by atoms with van der Waals surface area (Å²) in [6.07, 6.45) is 15.5. The molecule has 7 heteroatoms. The van der Waals surface area contributed by atoms with Crippen LogP contribution in [0.1, 0.15) is 89.5 Å². The fourth-order valence-electron chi connectivity index (χ4n) is 3.21. The Kier molecular flexibility index (Phi) is 14.6. The number of hydrazone groups is 1. The van der Waals surface area contributed by atoms with E-state index in [0.29, 0.717) is 17.7 Å². The van der Waals surface area contributed by atoms with E-state index < -0.39 is 5.91 Å². The van der Waals surface area contributed by atoms with E-state index in [1.165, 1.54) is 77.2 Å². The average Bonchev–Trinajstić information content (AvgIpc) is 2.77. The van der Waals surface area contributed by atoms with E-state index in [1.54, 1.807) is 12.1 Å². The van der Waals surface area contributed by atoms with Gasteiger partial charge in [-0.05, 0) is 30.2 Å². The summed E-state index contributed by atoms with van der Waals surface area (Å²) in [5.41, 5.74) is 3.03. The molecule has 1 aromatic carbocycles. The Bertz CT molecular complexity index is 677. The molecule has 1 rings (SSSR count). The lowest BCUT2D eigenvalue weighted by atomic mass is 10.1. The van der Waals surface area contributed by atoms with Crippen LogP contribution < -0.4 is 15.5 Å². The number of benzene rings is 1. The lowest BCUT2D eigenvalue weighted by Gasteiger charge is -2.05. The zero-order valence-electron chi connectivity index (χ0n) is 19.1. The van der Waals surface area contributed by atoms with Crippen LogP contribution in [0.15, 0.2) is 23.3 Å². The first-order valence-corrected chi connectivity index (χ1v) is 11.5. The normalized spacial score (nSPS) is 10.9. The molecule has 0 saturated heterocycles. The molecule has 0 fully saturated rings. The van der Waals surface area contributed by atoms with Gasteiger partial charge < -0.3 is 15.2 Å². The molecular formula is C24H39N3O4. The van der Waals surface area contributed by atoms with Crippen LogP contribution in [0.3, 0.4) is 0 Å².